The van der Waals surface area contributed by atoms with Gasteiger partial charge in [-0.15, -0.1) is 0 Å². The molecule has 0 unspecified atom stereocenters. The number of hydrogen-bond acceptors (Lipinski definition) is 3. The number of benzene rings is 1. The van der Waals surface area contributed by atoms with Crippen LogP contribution in [-0.4, -0.2) is 30.1 Å². The van der Waals surface area contributed by atoms with Gasteiger partial charge >= 0.3 is 0 Å². The fraction of sp³-hybridized carbons (Fsp3) is 0.500. The molecule has 0 saturated heterocycles. The number of carbonyl (C=O) groups excluding carboxylic acids is 2. The minimum atomic E-state index is -0.599. The number of aliphatic hydroxyl groups excluding tert-OH is 1. The van der Waals surface area contributed by atoms with Gasteiger partial charge in [-0.3, -0.25) is 9.59 Å². The zero-order chi connectivity index (χ0) is 16.8. The van der Waals surface area contributed by atoms with Gasteiger partial charge in [0.1, 0.15) is 5.82 Å². The molecule has 122 valence electrons. The van der Waals surface area contributed by atoms with Crippen LogP contribution in [0.5, 0.6) is 0 Å². The third-order valence-electron chi connectivity index (χ3n) is 4.00. The van der Waals surface area contributed by atoms with Gasteiger partial charge in [-0.1, -0.05) is 13.8 Å². The molecule has 0 atom stereocenters. The predicted molar refractivity (Wildman–Crippen MR) is 83.1 cm³/mol. The van der Waals surface area contributed by atoms with Crippen molar-refractivity contribution in [1.29, 1.82) is 0 Å². The lowest BCUT2D eigenvalue weighted by atomic mass is 9.83. The van der Waals surface area contributed by atoms with Crippen LogP contribution in [0.15, 0.2) is 18.2 Å². The molecule has 3 N–H and O–H groups in total. The topological polar surface area (TPSA) is 78.4 Å². The van der Waals surface area contributed by atoms with E-state index < -0.39 is 11.7 Å². The van der Waals surface area contributed by atoms with Crippen LogP contribution in [0.1, 0.15) is 44.0 Å². The van der Waals surface area contributed by atoms with Gasteiger partial charge in [-0.25, -0.2) is 4.39 Å². The number of carbonyl (C=O) groups is 2. The lowest BCUT2D eigenvalue weighted by Crippen LogP contribution is -2.39. The maximum atomic E-state index is 13.6. The molecule has 0 aliphatic rings. The van der Waals surface area contributed by atoms with Crippen LogP contribution in [0.2, 0.25) is 0 Å². The van der Waals surface area contributed by atoms with Crippen molar-refractivity contribution in [1.82, 2.24) is 5.32 Å². The van der Waals surface area contributed by atoms with Crippen LogP contribution in [0.3, 0.4) is 0 Å². The van der Waals surface area contributed by atoms with E-state index in [0.717, 1.165) is 18.9 Å². The molecule has 0 aromatic heterocycles. The standard InChI is InChI=1S/C16H23FN2O3/c1-4-16(5-2,10-20)9-18-15(22)12-6-7-13(17)14(8-12)19-11(3)21/h6-8,20H,4-5,9-10H2,1-3H3,(H,18,22)(H,19,21). The molecule has 1 aromatic rings. The maximum Gasteiger partial charge on any atom is 0.251 e. The van der Waals surface area contributed by atoms with Gasteiger partial charge in [0.05, 0.1) is 12.3 Å². The summed E-state index contributed by atoms with van der Waals surface area (Å²) in [5.41, 5.74) is -0.125. The van der Waals surface area contributed by atoms with Crippen LogP contribution in [0.25, 0.3) is 0 Å². The van der Waals surface area contributed by atoms with E-state index in [9.17, 15) is 19.1 Å². The van der Waals surface area contributed by atoms with E-state index in [1.54, 1.807) is 0 Å². The second-order valence-electron chi connectivity index (χ2n) is 5.42. The fourth-order valence-corrected chi connectivity index (χ4v) is 2.10. The Kier molecular flexibility index (Phi) is 6.49. The number of anilines is 1. The monoisotopic (exact) mass is 310 g/mol. The maximum absolute atomic E-state index is 13.6. The zero-order valence-electron chi connectivity index (χ0n) is 13.2. The summed E-state index contributed by atoms with van der Waals surface area (Å²) in [6.07, 6.45) is 1.47. The molecule has 0 bridgehead atoms. The first-order chi connectivity index (χ1) is 10.4. The Labute approximate surface area is 129 Å². The highest BCUT2D eigenvalue weighted by molar-refractivity contribution is 5.96. The van der Waals surface area contributed by atoms with Crippen molar-refractivity contribution in [3.05, 3.63) is 29.6 Å². The summed E-state index contributed by atoms with van der Waals surface area (Å²) in [6.45, 7) is 5.50. The molecule has 0 saturated carbocycles. The lowest BCUT2D eigenvalue weighted by Gasteiger charge is -2.29. The van der Waals surface area contributed by atoms with Gasteiger partial charge in [0.25, 0.3) is 5.91 Å². The molecular formula is C16H23FN2O3. The molecule has 0 aliphatic heterocycles. The summed E-state index contributed by atoms with van der Waals surface area (Å²) in [5, 5.41) is 14.6. The number of rotatable bonds is 7. The minimum Gasteiger partial charge on any atom is -0.396 e. The van der Waals surface area contributed by atoms with E-state index in [2.05, 4.69) is 10.6 Å². The normalized spacial score (nSPS) is 11.1. The van der Waals surface area contributed by atoms with Crippen molar-refractivity contribution in [2.24, 2.45) is 5.41 Å². The smallest absolute Gasteiger partial charge is 0.251 e. The SMILES string of the molecule is CCC(CC)(CO)CNC(=O)c1ccc(F)c(NC(C)=O)c1. The van der Waals surface area contributed by atoms with Crippen molar-refractivity contribution >= 4 is 17.5 Å². The first kappa shape index (κ1) is 18.1. The summed E-state index contributed by atoms with van der Waals surface area (Å²) >= 11 is 0. The third-order valence-corrected chi connectivity index (χ3v) is 4.00. The quantitative estimate of drug-likeness (QED) is 0.723. The second kappa shape index (κ2) is 7.89. The molecule has 6 heteroatoms. The predicted octanol–water partition coefficient (Wildman–Crippen LogP) is 2.31. The number of halogens is 1. The molecule has 5 nitrogen and oxygen atoms in total. The van der Waals surface area contributed by atoms with Crippen LogP contribution in [0, 0.1) is 11.2 Å². The Balaban J connectivity index is 2.83. The molecule has 0 radical (unpaired) electrons. The average molecular weight is 310 g/mol. The summed E-state index contributed by atoms with van der Waals surface area (Å²) in [5.74, 6) is -1.38. The van der Waals surface area contributed by atoms with Gasteiger partial charge in [0.15, 0.2) is 0 Å². The van der Waals surface area contributed by atoms with E-state index in [-0.39, 0.29) is 29.2 Å². The molecular weight excluding hydrogens is 287 g/mol. The van der Waals surface area contributed by atoms with Gasteiger partial charge in [0, 0.05) is 24.4 Å². The molecule has 0 fully saturated rings. The zero-order valence-corrected chi connectivity index (χ0v) is 13.2. The Bertz CT molecular complexity index is 534. The minimum absolute atomic E-state index is 0.0131. The fourth-order valence-electron chi connectivity index (χ4n) is 2.10. The van der Waals surface area contributed by atoms with Crippen LogP contribution in [0.4, 0.5) is 10.1 Å². The van der Waals surface area contributed by atoms with E-state index in [0.29, 0.717) is 6.54 Å². The Morgan fingerprint density at radius 3 is 2.41 bits per heavy atom. The third kappa shape index (κ3) is 4.53. The van der Waals surface area contributed by atoms with E-state index in [4.69, 9.17) is 0 Å². The molecule has 0 spiro atoms. The summed E-state index contributed by atoms with van der Waals surface area (Å²) in [6, 6.07) is 3.79. The van der Waals surface area contributed by atoms with Crippen molar-refractivity contribution in [3.63, 3.8) is 0 Å². The van der Waals surface area contributed by atoms with Gasteiger partial charge in [-0.05, 0) is 31.0 Å². The van der Waals surface area contributed by atoms with Crippen molar-refractivity contribution < 1.29 is 19.1 Å². The molecule has 22 heavy (non-hydrogen) atoms. The highest BCUT2D eigenvalue weighted by Crippen LogP contribution is 2.24. The summed E-state index contributed by atoms with van der Waals surface area (Å²) in [4.78, 5) is 23.2. The first-order valence-electron chi connectivity index (χ1n) is 7.33. The van der Waals surface area contributed by atoms with Gasteiger partial charge in [0.2, 0.25) is 5.91 Å². The summed E-state index contributed by atoms with van der Waals surface area (Å²) in [7, 11) is 0. The Hall–Kier alpha value is -1.95. The highest BCUT2D eigenvalue weighted by atomic mass is 19.1. The van der Waals surface area contributed by atoms with E-state index in [1.165, 1.54) is 19.1 Å². The van der Waals surface area contributed by atoms with Crippen LogP contribution in [-0.2, 0) is 4.79 Å². The molecule has 0 aliphatic carbocycles. The van der Waals surface area contributed by atoms with Crippen molar-refractivity contribution in [2.45, 2.75) is 33.6 Å². The number of amides is 2. The number of aliphatic hydroxyl groups is 1. The van der Waals surface area contributed by atoms with Crippen molar-refractivity contribution in [2.75, 3.05) is 18.5 Å². The lowest BCUT2D eigenvalue weighted by molar-refractivity contribution is -0.114. The highest BCUT2D eigenvalue weighted by Gasteiger charge is 2.26. The largest absolute Gasteiger partial charge is 0.396 e. The molecule has 2 amide bonds. The van der Waals surface area contributed by atoms with Gasteiger partial charge in [-0.2, -0.15) is 0 Å². The molecule has 1 aromatic carbocycles. The summed E-state index contributed by atoms with van der Waals surface area (Å²) < 4.78 is 13.6. The Morgan fingerprint density at radius 1 is 1.27 bits per heavy atom. The average Bonchev–Trinajstić information content (AvgIpc) is 2.50. The molecule has 0 heterocycles. The first-order valence-corrected chi connectivity index (χ1v) is 7.33. The number of nitrogens with one attached hydrogen (secondary N) is 2. The Morgan fingerprint density at radius 2 is 1.91 bits per heavy atom. The van der Waals surface area contributed by atoms with Crippen LogP contribution < -0.4 is 10.6 Å². The molecule has 1 rings (SSSR count). The van der Waals surface area contributed by atoms with Crippen LogP contribution >= 0.6 is 0 Å². The number of hydrogen-bond donors (Lipinski definition) is 3. The van der Waals surface area contributed by atoms with Crippen molar-refractivity contribution in [3.8, 4) is 0 Å². The van der Waals surface area contributed by atoms with E-state index in [1.807, 2.05) is 13.8 Å². The second-order valence-corrected chi connectivity index (χ2v) is 5.42. The van der Waals surface area contributed by atoms with Gasteiger partial charge < -0.3 is 15.7 Å². The van der Waals surface area contributed by atoms with E-state index >= 15 is 0 Å².